The molecule has 0 saturated heterocycles. The molecule has 1 atom stereocenters. The fraction of sp³-hybridized carbons (Fsp3) is 0.250. The van der Waals surface area contributed by atoms with Crippen LogP contribution in [0.25, 0.3) is 0 Å². The summed E-state index contributed by atoms with van der Waals surface area (Å²) in [4.78, 5) is 0. The maximum Gasteiger partial charge on any atom is 0.125 e. The molecular formula is C8H7BrClNO. The molecule has 0 aromatic heterocycles. The zero-order valence-electron chi connectivity index (χ0n) is 6.18. The SMILES string of the molecule is NC1COc2cc(Br)c(Cl)cc21. The second-order valence-corrected chi connectivity index (χ2v) is 3.98. The highest BCUT2D eigenvalue weighted by Gasteiger charge is 2.21. The molecule has 1 aromatic carbocycles. The highest BCUT2D eigenvalue weighted by atomic mass is 79.9. The molecule has 0 saturated carbocycles. The first-order chi connectivity index (χ1) is 5.68. The van der Waals surface area contributed by atoms with Crippen molar-refractivity contribution < 1.29 is 4.74 Å². The van der Waals surface area contributed by atoms with Gasteiger partial charge in [0, 0.05) is 10.0 Å². The van der Waals surface area contributed by atoms with Gasteiger partial charge in [0.05, 0.1) is 11.1 Å². The normalized spacial score (nSPS) is 20.4. The Balaban J connectivity index is 2.56. The van der Waals surface area contributed by atoms with Gasteiger partial charge in [0.2, 0.25) is 0 Å². The average molecular weight is 249 g/mol. The lowest BCUT2D eigenvalue weighted by Gasteiger charge is -2.02. The third kappa shape index (κ3) is 1.22. The van der Waals surface area contributed by atoms with Gasteiger partial charge in [-0.1, -0.05) is 11.6 Å². The Morgan fingerprint density at radius 3 is 3.08 bits per heavy atom. The summed E-state index contributed by atoms with van der Waals surface area (Å²) >= 11 is 9.22. The van der Waals surface area contributed by atoms with Crippen LogP contribution in [-0.2, 0) is 0 Å². The van der Waals surface area contributed by atoms with Crippen LogP contribution < -0.4 is 10.5 Å². The van der Waals surface area contributed by atoms with Gasteiger partial charge in [-0.25, -0.2) is 0 Å². The van der Waals surface area contributed by atoms with Crippen LogP contribution in [0.5, 0.6) is 5.75 Å². The van der Waals surface area contributed by atoms with Crippen molar-refractivity contribution in [2.75, 3.05) is 6.61 Å². The van der Waals surface area contributed by atoms with Crippen LogP contribution in [0.3, 0.4) is 0 Å². The Hall–Kier alpha value is -0.250. The lowest BCUT2D eigenvalue weighted by molar-refractivity contribution is 0.333. The van der Waals surface area contributed by atoms with Crippen LogP contribution in [0, 0.1) is 0 Å². The number of hydrogen-bond acceptors (Lipinski definition) is 2. The maximum atomic E-state index is 5.90. The average Bonchev–Trinajstić information content (AvgIpc) is 2.35. The van der Waals surface area contributed by atoms with Gasteiger partial charge in [0.25, 0.3) is 0 Å². The van der Waals surface area contributed by atoms with Crippen molar-refractivity contribution in [1.29, 1.82) is 0 Å². The number of rotatable bonds is 0. The molecule has 2 rings (SSSR count). The molecule has 0 fully saturated rings. The Morgan fingerprint density at radius 1 is 1.58 bits per heavy atom. The Kier molecular flexibility index (Phi) is 2.02. The molecule has 0 spiro atoms. The van der Waals surface area contributed by atoms with Gasteiger partial charge in [-0.3, -0.25) is 0 Å². The van der Waals surface area contributed by atoms with Gasteiger partial charge >= 0.3 is 0 Å². The molecule has 1 unspecified atom stereocenters. The predicted octanol–water partition coefficient (Wildman–Crippen LogP) is 2.49. The summed E-state index contributed by atoms with van der Waals surface area (Å²) in [5.41, 5.74) is 6.76. The third-order valence-corrected chi connectivity index (χ3v) is 3.07. The minimum atomic E-state index is -0.0365. The summed E-state index contributed by atoms with van der Waals surface area (Å²) in [5.74, 6) is 0.832. The Morgan fingerprint density at radius 2 is 2.33 bits per heavy atom. The topological polar surface area (TPSA) is 35.2 Å². The molecule has 1 aromatic rings. The first-order valence-corrected chi connectivity index (χ1v) is 4.73. The molecule has 0 aliphatic carbocycles. The molecule has 12 heavy (non-hydrogen) atoms. The zero-order valence-corrected chi connectivity index (χ0v) is 8.52. The second kappa shape index (κ2) is 2.91. The van der Waals surface area contributed by atoms with Crippen molar-refractivity contribution in [2.45, 2.75) is 6.04 Å². The maximum absolute atomic E-state index is 5.90. The first kappa shape index (κ1) is 8.35. The summed E-state index contributed by atoms with van der Waals surface area (Å²) in [5, 5.41) is 0.676. The molecule has 4 heteroatoms. The van der Waals surface area contributed by atoms with E-state index in [0.717, 1.165) is 15.8 Å². The van der Waals surface area contributed by atoms with Gasteiger partial charge in [-0.15, -0.1) is 0 Å². The molecule has 0 radical (unpaired) electrons. The molecule has 1 aliphatic heterocycles. The van der Waals surface area contributed by atoms with Crippen LogP contribution >= 0.6 is 27.5 Å². The molecule has 2 nitrogen and oxygen atoms in total. The lowest BCUT2D eigenvalue weighted by Crippen LogP contribution is -2.10. The number of nitrogens with two attached hydrogens (primary N) is 1. The van der Waals surface area contributed by atoms with E-state index in [1.807, 2.05) is 12.1 Å². The molecule has 1 aliphatic rings. The van der Waals surface area contributed by atoms with Crippen LogP contribution in [0.4, 0.5) is 0 Å². The zero-order chi connectivity index (χ0) is 8.72. The van der Waals surface area contributed by atoms with E-state index >= 15 is 0 Å². The fourth-order valence-corrected chi connectivity index (χ4v) is 1.72. The summed E-state index contributed by atoms with van der Waals surface area (Å²) in [6.07, 6.45) is 0. The van der Waals surface area contributed by atoms with Crippen LogP contribution in [-0.4, -0.2) is 6.61 Å². The van der Waals surface area contributed by atoms with E-state index in [0.29, 0.717) is 11.6 Å². The van der Waals surface area contributed by atoms with E-state index in [1.165, 1.54) is 0 Å². The quantitative estimate of drug-likeness (QED) is 0.766. The highest BCUT2D eigenvalue weighted by Crippen LogP contribution is 2.37. The number of fused-ring (bicyclic) bond motifs is 1. The minimum absolute atomic E-state index is 0.0365. The number of halogens is 2. The summed E-state index contributed by atoms with van der Waals surface area (Å²) in [6.45, 7) is 0.544. The lowest BCUT2D eigenvalue weighted by atomic mass is 10.1. The second-order valence-electron chi connectivity index (χ2n) is 2.72. The van der Waals surface area contributed by atoms with Gasteiger partial charge in [-0.05, 0) is 28.1 Å². The van der Waals surface area contributed by atoms with E-state index < -0.39 is 0 Å². The summed E-state index contributed by atoms with van der Waals surface area (Å²) in [6, 6.07) is 3.66. The molecule has 0 amide bonds. The Labute approximate surface area is 83.8 Å². The molecule has 2 N–H and O–H groups in total. The largest absolute Gasteiger partial charge is 0.491 e. The van der Waals surface area contributed by atoms with E-state index in [1.54, 1.807) is 0 Å². The highest BCUT2D eigenvalue weighted by molar-refractivity contribution is 9.10. The standard InChI is InChI=1S/C8H7BrClNO/c9-5-2-8-4(1-6(5)10)7(11)3-12-8/h1-2,7H,3,11H2. The first-order valence-electron chi connectivity index (χ1n) is 3.56. The molecular weight excluding hydrogens is 241 g/mol. The smallest absolute Gasteiger partial charge is 0.125 e. The van der Waals surface area contributed by atoms with E-state index in [4.69, 9.17) is 22.1 Å². The van der Waals surface area contributed by atoms with Crippen LogP contribution in [0.2, 0.25) is 5.02 Å². The van der Waals surface area contributed by atoms with Crippen molar-refractivity contribution >= 4 is 27.5 Å². The molecule has 1 heterocycles. The van der Waals surface area contributed by atoms with E-state index in [-0.39, 0.29) is 6.04 Å². The van der Waals surface area contributed by atoms with Crippen LogP contribution in [0.15, 0.2) is 16.6 Å². The number of ether oxygens (including phenoxy) is 1. The number of hydrogen-bond donors (Lipinski definition) is 1. The molecule has 64 valence electrons. The predicted molar refractivity (Wildman–Crippen MR) is 51.6 cm³/mol. The molecule has 0 bridgehead atoms. The fourth-order valence-electron chi connectivity index (χ4n) is 1.23. The van der Waals surface area contributed by atoms with Crippen molar-refractivity contribution in [1.82, 2.24) is 0 Å². The van der Waals surface area contributed by atoms with E-state index in [9.17, 15) is 0 Å². The van der Waals surface area contributed by atoms with Crippen molar-refractivity contribution in [3.8, 4) is 5.75 Å². The minimum Gasteiger partial charge on any atom is -0.491 e. The van der Waals surface area contributed by atoms with Crippen LogP contribution in [0.1, 0.15) is 11.6 Å². The van der Waals surface area contributed by atoms with Gasteiger partial charge < -0.3 is 10.5 Å². The summed E-state index contributed by atoms with van der Waals surface area (Å²) in [7, 11) is 0. The van der Waals surface area contributed by atoms with E-state index in [2.05, 4.69) is 15.9 Å². The van der Waals surface area contributed by atoms with Crippen molar-refractivity contribution in [3.05, 3.63) is 27.2 Å². The van der Waals surface area contributed by atoms with Gasteiger partial charge in [-0.2, -0.15) is 0 Å². The monoisotopic (exact) mass is 247 g/mol. The number of benzene rings is 1. The van der Waals surface area contributed by atoms with Crippen molar-refractivity contribution in [2.24, 2.45) is 5.73 Å². The summed E-state index contributed by atoms with van der Waals surface area (Å²) < 4.78 is 6.18. The Bertz CT molecular complexity index is 329. The van der Waals surface area contributed by atoms with Gasteiger partial charge in [0.15, 0.2) is 0 Å². The third-order valence-electron chi connectivity index (χ3n) is 1.87. The van der Waals surface area contributed by atoms with Crippen molar-refractivity contribution in [3.63, 3.8) is 0 Å². The van der Waals surface area contributed by atoms with Gasteiger partial charge in [0.1, 0.15) is 12.4 Å².